The van der Waals surface area contributed by atoms with Gasteiger partial charge in [0.1, 0.15) is 12.4 Å². The Kier molecular flexibility index (Phi) is 7.19. The van der Waals surface area contributed by atoms with Gasteiger partial charge in [0.05, 0.1) is 0 Å². The van der Waals surface area contributed by atoms with Crippen molar-refractivity contribution in [3.05, 3.63) is 35.9 Å². The molecular formula is C10H14N2O6S. The van der Waals surface area contributed by atoms with E-state index < -0.39 is 16.4 Å². The average Bonchev–Trinajstić information content (AvgIpc) is 2.26. The first-order chi connectivity index (χ1) is 8.70. The summed E-state index contributed by atoms with van der Waals surface area (Å²) in [6, 6.07) is 7.19. The number of carbonyl (C=O) groups is 1. The van der Waals surface area contributed by atoms with Crippen molar-refractivity contribution in [2.24, 2.45) is 11.5 Å². The molecule has 6 N–H and O–H groups in total. The summed E-state index contributed by atoms with van der Waals surface area (Å²) >= 11 is 0. The van der Waals surface area contributed by atoms with Gasteiger partial charge in [-0.3, -0.25) is 9.11 Å². The van der Waals surface area contributed by atoms with Crippen LogP contribution in [-0.2, 0) is 10.4 Å². The van der Waals surface area contributed by atoms with Crippen LogP contribution in [0.15, 0.2) is 30.3 Å². The predicted octanol–water partition coefficient (Wildman–Crippen LogP) is 0.463. The molecule has 2 amide bonds. The minimum Gasteiger partial charge on any atom is -0.489 e. The molecule has 1 aromatic carbocycles. The third kappa shape index (κ3) is 12.2. The number of rotatable bonds is 0. The van der Waals surface area contributed by atoms with Gasteiger partial charge in [-0.2, -0.15) is 8.42 Å². The second-order valence-corrected chi connectivity index (χ2v) is 4.00. The molecular weight excluding hydrogens is 276 g/mol. The van der Waals surface area contributed by atoms with Crippen LogP contribution in [0.25, 0.3) is 6.08 Å². The van der Waals surface area contributed by atoms with Gasteiger partial charge >= 0.3 is 16.4 Å². The molecule has 0 fully saturated rings. The van der Waals surface area contributed by atoms with E-state index in [1.807, 2.05) is 30.3 Å². The number of hydrogen-bond acceptors (Lipinski definition) is 4. The third-order valence-corrected chi connectivity index (χ3v) is 1.55. The number of para-hydroxylation sites is 1. The van der Waals surface area contributed by atoms with Crippen LogP contribution in [0.4, 0.5) is 4.79 Å². The van der Waals surface area contributed by atoms with Gasteiger partial charge in [0, 0.05) is 5.56 Å². The lowest BCUT2D eigenvalue weighted by atomic mass is 10.1. The predicted molar refractivity (Wildman–Crippen MR) is 68.9 cm³/mol. The minimum atomic E-state index is -4.67. The summed E-state index contributed by atoms with van der Waals surface area (Å²) in [6.45, 7) is 0.705. The summed E-state index contributed by atoms with van der Waals surface area (Å²) in [6.07, 6.45) is 4.10. The zero-order valence-electron chi connectivity index (χ0n) is 9.76. The van der Waals surface area contributed by atoms with Crippen LogP contribution >= 0.6 is 0 Å². The van der Waals surface area contributed by atoms with Crippen molar-refractivity contribution in [3.8, 4) is 5.75 Å². The van der Waals surface area contributed by atoms with E-state index in [1.54, 1.807) is 0 Å². The summed E-state index contributed by atoms with van der Waals surface area (Å²) in [5.41, 5.74) is 9.67. The summed E-state index contributed by atoms with van der Waals surface area (Å²) in [5, 5.41) is 0. The van der Waals surface area contributed by atoms with Crippen LogP contribution in [0.5, 0.6) is 5.75 Å². The lowest BCUT2D eigenvalue weighted by Crippen LogP contribution is -2.18. The Labute approximate surface area is 110 Å². The molecule has 0 bridgehead atoms. The summed E-state index contributed by atoms with van der Waals surface area (Å²) in [4.78, 5) is 9.00. The van der Waals surface area contributed by atoms with Gasteiger partial charge in [-0.1, -0.05) is 24.3 Å². The number of nitrogens with two attached hydrogens (primary N) is 2. The quantitative estimate of drug-likeness (QED) is 0.509. The maximum absolute atomic E-state index is 9.00. The van der Waals surface area contributed by atoms with Crippen LogP contribution in [-0.4, -0.2) is 30.2 Å². The first-order valence-electron chi connectivity index (χ1n) is 4.83. The highest BCUT2D eigenvalue weighted by atomic mass is 32.3. The van der Waals surface area contributed by atoms with Crippen LogP contribution in [0, 0.1) is 0 Å². The maximum Gasteiger partial charge on any atom is 0.394 e. The number of ether oxygens (including phenoxy) is 1. The van der Waals surface area contributed by atoms with Crippen molar-refractivity contribution in [2.45, 2.75) is 0 Å². The molecule has 8 nitrogen and oxygen atoms in total. The number of urea groups is 1. The standard InChI is InChI=1S/C9H8O.CH4N2O.H2O4S/c1-2-6-9-8(4-1)5-3-7-10-9;2-1(3)4;1-5(2,3)4/h1-6H,7H2;(H4,2,3,4);(H2,1,2,3,4). The normalized spacial score (nSPS) is 11.7. The molecule has 0 spiro atoms. The second-order valence-electron chi connectivity index (χ2n) is 3.10. The summed E-state index contributed by atoms with van der Waals surface area (Å²) in [7, 11) is -4.67. The Morgan fingerprint density at radius 3 is 2.16 bits per heavy atom. The number of carbonyl (C=O) groups excluding carboxylic acids is 1. The molecule has 9 heteroatoms. The van der Waals surface area contributed by atoms with Crippen molar-refractivity contribution in [1.29, 1.82) is 0 Å². The smallest absolute Gasteiger partial charge is 0.394 e. The number of hydrogen-bond donors (Lipinski definition) is 4. The van der Waals surface area contributed by atoms with Crippen molar-refractivity contribution in [3.63, 3.8) is 0 Å². The first-order valence-corrected chi connectivity index (χ1v) is 6.23. The van der Waals surface area contributed by atoms with Crippen LogP contribution in [0.3, 0.4) is 0 Å². The molecule has 1 aliphatic rings. The fourth-order valence-corrected chi connectivity index (χ4v) is 1.06. The highest BCUT2D eigenvalue weighted by Crippen LogP contribution is 2.21. The van der Waals surface area contributed by atoms with E-state index in [1.165, 1.54) is 5.56 Å². The van der Waals surface area contributed by atoms with Crippen LogP contribution in [0.1, 0.15) is 5.56 Å². The monoisotopic (exact) mass is 290 g/mol. The topological polar surface area (TPSA) is 153 Å². The van der Waals surface area contributed by atoms with Crippen molar-refractivity contribution in [2.75, 3.05) is 6.61 Å². The van der Waals surface area contributed by atoms with Crippen molar-refractivity contribution in [1.82, 2.24) is 0 Å². The summed E-state index contributed by atoms with van der Waals surface area (Å²) < 4.78 is 36.9. The molecule has 0 saturated carbocycles. The second kappa shape index (κ2) is 8.08. The van der Waals surface area contributed by atoms with Crippen molar-refractivity contribution < 1.29 is 27.1 Å². The molecule has 0 aliphatic carbocycles. The molecule has 0 atom stereocenters. The average molecular weight is 290 g/mol. The van der Waals surface area contributed by atoms with Crippen LogP contribution in [0.2, 0.25) is 0 Å². The fraction of sp³-hybridized carbons (Fsp3) is 0.100. The highest BCUT2D eigenvalue weighted by molar-refractivity contribution is 7.79. The number of benzene rings is 1. The summed E-state index contributed by atoms with van der Waals surface area (Å²) in [5.74, 6) is 0.991. The molecule has 0 aromatic heterocycles. The zero-order valence-corrected chi connectivity index (χ0v) is 10.6. The Bertz CT molecular complexity index is 529. The lowest BCUT2D eigenvalue weighted by Gasteiger charge is -2.10. The van der Waals surface area contributed by atoms with Gasteiger partial charge in [0.25, 0.3) is 0 Å². The Morgan fingerprint density at radius 1 is 1.21 bits per heavy atom. The Balaban J connectivity index is 0.000000307. The van der Waals surface area contributed by atoms with Crippen molar-refractivity contribution >= 4 is 22.5 Å². The molecule has 106 valence electrons. The first kappa shape index (κ1) is 16.9. The third-order valence-electron chi connectivity index (χ3n) is 1.55. The van der Waals surface area contributed by atoms with Crippen LogP contribution < -0.4 is 16.2 Å². The number of amides is 2. The molecule has 0 radical (unpaired) electrons. The van der Waals surface area contributed by atoms with Gasteiger partial charge in [-0.05, 0) is 12.1 Å². The SMILES string of the molecule is C1=Cc2ccccc2OC1.NC(N)=O.O=S(=O)(O)O. The molecule has 1 aliphatic heterocycles. The Hall–Kier alpha value is -2.10. The minimum absolute atomic E-state index is 0.705. The van der Waals surface area contributed by atoms with E-state index in [9.17, 15) is 0 Å². The molecule has 0 saturated heterocycles. The Morgan fingerprint density at radius 2 is 1.68 bits per heavy atom. The van der Waals surface area contributed by atoms with E-state index in [0.29, 0.717) is 6.61 Å². The number of primary amides is 2. The maximum atomic E-state index is 9.00. The molecule has 19 heavy (non-hydrogen) atoms. The number of fused-ring (bicyclic) bond motifs is 1. The van der Waals surface area contributed by atoms with E-state index >= 15 is 0 Å². The fourth-order valence-electron chi connectivity index (χ4n) is 1.06. The van der Waals surface area contributed by atoms with Gasteiger partial charge in [-0.25, -0.2) is 4.79 Å². The highest BCUT2D eigenvalue weighted by Gasteiger charge is 2.01. The van der Waals surface area contributed by atoms with E-state index in [-0.39, 0.29) is 0 Å². The molecule has 1 heterocycles. The molecule has 0 unspecified atom stereocenters. The molecule has 2 rings (SSSR count). The van der Waals surface area contributed by atoms with Gasteiger partial charge in [-0.15, -0.1) is 0 Å². The van der Waals surface area contributed by atoms with Gasteiger partial charge < -0.3 is 16.2 Å². The molecule has 1 aromatic rings. The van der Waals surface area contributed by atoms with E-state index in [0.717, 1.165) is 5.75 Å². The zero-order chi connectivity index (χ0) is 14.9. The van der Waals surface area contributed by atoms with Gasteiger partial charge in [0.2, 0.25) is 0 Å². The van der Waals surface area contributed by atoms with Gasteiger partial charge in [0.15, 0.2) is 0 Å². The largest absolute Gasteiger partial charge is 0.489 e. The lowest BCUT2D eigenvalue weighted by molar-refractivity contribution is 0.256. The van der Waals surface area contributed by atoms with E-state index in [2.05, 4.69) is 17.5 Å². The van der Waals surface area contributed by atoms with E-state index in [4.69, 9.17) is 27.1 Å².